The third-order valence-electron chi connectivity index (χ3n) is 5.32. The molecule has 0 amide bonds. The number of rotatable bonds is 8. The van der Waals surface area contributed by atoms with Gasteiger partial charge in [-0.3, -0.25) is 4.79 Å². The van der Waals surface area contributed by atoms with E-state index in [1.807, 2.05) is 30.3 Å². The number of Topliss-reactive ketones (excluding diaryl/α,β-unsaturated/α-hetero) is 1. The summed E-state index contributed by atoms with van der Waals surface area (Å²) in [6.45, 7) is 0. The van der Waals surface area contributed by atoms with Crippen LogP contribution in [0.2, 0.25) is 10.0 Å². The smallest absolute Gasteiger partial charge is 0.162 e. The van der Waals surface area contributed by atoms with Crippen molar-refractivity contribution >= 4 is 40.0 Å². The molecule has 0 aliphatic heterocycles. The number of nitrogens with zero attached hydrogens (tertiary/aromatic N) is 1. The van der Waals surface area contributed by atoms with E-state index >= 15 is 0 Å². The number of imidazole rings is 1. The van der Waals surface area contributed by atoms with Gasteiger partial charge in [-0.1, -0.05) is 35.3 Å². The molecule has 0 saturated heterocycles. The minimum absolute atomic E-state index is 0.0827. The summed E-state index contributed by atoms with van der Waals surface area (Å²) in [4.78, 5) is 20.6. The molecule has 1 N–H and O–H groups in total. The zero-order valence-corrected chi connectivity index (χ0v) is 19.3. The maximum absolute atomic E-state index is 12.8. The summed E-state index contributed by atoms with van der Waals surface area (Å²) in [5.41, 5.74) is 3.90. The lowest BCUT2D eigenvalue weighted by atomic mass is 10.0. The maximum atomic E-state index is 12.8. The Kier molecular flexibility index (Phi) is 6.68. The number of halogens is 2. The average Bonchev–Trinajstić information content (AvgIpc) is 3.21. The fourth-order valence-electron chi connectivity index (χ4n) is 3.66. The van der Waals surface area contributed by atoms with Gasteiger partial charge in [-0.05, 0) is 60.9 Å². The molecule has 0 spiro atoms. The van der Waals surface area contributed by atoms with Crippen LogP contribution in [0.25, 0.3) is 22.4 Å². The van der Waals surface area contributed by atoms with E-state index in [1.54, 1.807) is 38.5 Å². The van der Waals surface area contributed by atoms with Crippen LogP contribution in [0.4, 0.5) is 0 Å². The third-order valence-corrected chi connectivity index (χ3v) is 5.95. The van der Waals surface area contributed by atoms with Gasteiger partial charge in [0.05, 0.1) is 40.9 Å². The summed E-state index contributed by atoms with van der Waals surface area (Å²) in [7, 11) is 3.22. The topological polar surface area (TPSA) is 64.2 Å². The number of hydrogen-bond donors (Lipinski definition) is 1. The fraction of sp³-hybridized carbons (Fsp3) is 0.200. The first-order chi connectivity index (χ1) is 15.5. The van der Waals surface area contributed by atoms with Gasteiger partial charge >= 0.3 is 0 Å². The van der Waals surface area contributed by atoms with Crippen molar-refractivity contribution in [2.75, 3.05) is 14.2 Å². The number of fused-ring (bicyclic) bond motifs is 1. The molecule has 0 saturated carbocycles. The molecule has 0 bridgehead atoms. The summed E-state index contributed by atoms with van der Waals surface area (Å²) in [5.74, 6) is 2.04. The summed E-state index contributed by atoms with van der Waals surface area (Å²) < 4.78 is 10.6. The number of hydrogen-bond acceptors (Lipinski definition) is 4. The zero-order valence-electron chi connectivity index (χ0n) is 17.7. The van der Waals surface area contributed by atoms with Crippen molar-refractivity contribution in [3.63, 3.8) is 0 Å². The number of nitrogens with one attached hydrogen (secondary N) is 1. The van der Waals surface area contributed by atoms with Gasteiger partial charge in [0, 0.05) is 12.0 Å². The second kappa shape index (κ2) is 9.63. The molecule has 1 heterocycles. The molecule has 4 rings (SSSR count). The standard InChI is InChI=1S/C25H22Cl2N2O3/c1-31-22-12-9-15(13-23(22)32-2)5-3-8-21(30)16-10-11-19-20(14-16)29-25(28-19)24-17(26)6-4-7-18(24)27/h4,6-7,9-14H,3,5,8H2,1-2H3,(H,28,29). The fourth-order valence-corrected chi connectivity index (χ4v) is 4.24. The van der Waals surface area contributed by atoms with Gasteiger partial charge in [0.25, 0.3) is 0 Å². The molecule has 1 aromatic heterocycles. The van der Waals surface area contributed by atoms with Crippen LogP contribution in [0.5, 0.6) is 11.5 Å². The highest BCUT2D eigenvalue weighted by Crippen LogP contribution is 2.34. The Balaban J connectivity index is 1.46. The predicted molar refractivity (Wildman–Crippen MR) is 128 cm³/mol. The molecule has 0 fully saturated rings. The highest BCUT2D eigenvalue weighted by Gasteiger charge is 2.14. The van der Waals surface area contributed by atoms with Crippen LogP contribution in [0.1, 0.15) is 28.8 Å². The molecule has 0 aliphatic carbocycles. The number of carbonyl (C=O) groups is 1. The van der Waals surface area contributed by atoms with Crippen molar-refractivity contribution in [3.05, 3.63) is 75.8 Å². The van der Waals surface area contributed by atoms with E-state index in [4.69, 9.17) is 32.7 Å². The number of aromatic amines is 1. The molecule has 32 heavy (non-hydrogen) atoms. The molecule has 7 heteroatoms. The number of methoxy groups -OCH3 is 2. The van der Waals surface area contributed by atoms with Gasteiger partial charge < -0.3 is 14.5 Å². The van der Waals surface area contributed by atoms with Crippen molar-refractivity contribution < 1.29 is 14.3 Å². The Morgan fingerprint density at radius 2 is 1.72 bits per heavy atom. The van der Waals surface area contributed by atoms with Crippen LogP contribution in [0, 0.1) is 0 Å². The molecule has 0 unspecified atom stereocenters. The molecule has 3 aromatic carbocycles. The van der Waals surface area contributed by atoms with Crippen LogP contribution in [-0.2, 0) is 6.42 Å². The Morgan fingerprint density at radius 3 is 2.44 bits per heavy atom. The molecule has 0 aliphatic rings. The van der Waals surface area contributed by atoms with Crippen molar-refractivity contribution in [3.8, 4) is 22.9 Å². The Hall–Kier alpha value is -3.02. The molecule has 164 valence electrons. The summed E-state index contributed by atoms with van der Waals surface area (Å²) in [6.07, 6.45) is 1.94. The van der Waals surface area contributed by atoms with Gasteiger partial charge in [0.1, 0.15) is 5.82 Å². The number of ketones is 1. The molecule has 4 aromatic rings. The number of carbonyl (C=O) groups excluding carboxylic acids is 1. The Bertz CT molecular complexity index is 1260. The molecule has 0 radical (unpaired) electrons. The van der Waals surface area contributed by atoms with E-state index in [0.29, 0.717) is 44.9 Å². The van der Waals surface area contributed by atoms with Gasteiger partial charge in [-0.15, -0.1) is 0 Å². The highest BCUT2D eigenvalue weighted by atomic mass is 35.5. The van der Waals surface area contributed by atoms with Crippen molar-refractivity contribution in [1.29, 1.82) is 0 Å². The lowest BCUT2D eigenvalue weighted by Gasteiger charge is -2.09. The number of H-pyrrole nitrogens is 1. The van der Waals surface area contributed by atoms with Crippen molar-refractivity contribution in [1.82, 2.24) is 9.97 Å². The summed E-state index contributed by atoms with van der Waals surface area (Å²) >= 11 is 12.6. The van der Waals surface area contributed by atoms with Gasteiger partial charge in [-0.25, -0.2) is 4.98 Å². The molecular formula is C25H22Cl2N2O3. The lowest BCUT2D eigenvalue weighted by Crippen LogP contribution is -2.00. The number of ether oxygens (including phenoxy) is 2. The summed E-state index contributed by atoms with van der Waals surface area (Å²) in [5, 5.41) is 1.03. The van der Waals surface area contributed by atoms with E-state index in [1.165, 1.54) is 0 Å². The lowest BCUT2D eigenvalue weighted by molar-refractivity contribution is 0.0980. The van der Waals surface area contributed by atoms with Gasteiger partial charge in [-0.2, -0.15) is 0 Å². The first-order valence-electron chi connectivity index (χ1n) is 10.2. The second-order valence-corrected chi connectivity index (χ2v) is 8.19. The first-order valence-corrected chi connectivity index (χ1v) is 10.9. The van der Waals surface area contributed by atoms with Crippen LogP contribution in [0.3, 0.4) is 0 Å². The van der Waals surface area contributed by atoms with Gasteiger partial charge in [0.15, 0.2) is 17.3 Å². The van der Waals surface area contributed by atoms with Crippen LogP contribution >= 0.6 is 23.2 Å². The van der Waals surface area contributed by atoms with Crippen molar-refractivity contribution in [2.45, 2.75) is 19.3 Å². The van der Waals surface area contributed by atoms with E-state index < -0.39 is 0 Å². The summed E-state index contributed by atoms with van der Waals surface area (Å²) in [6, 6.07) is 16.6. The molecular weight excluding hydrogens is 447 g/mol. The second-order valence-electron chi connectivity index (χ2n) is 7.38. The number of aromatic nitrogens is 2. The first kappa shape index (κ1) is 22.2. The normalized spacial score (nSPS) is 11.0. The quantitative estimate of drug-likeness (QED) is 0.290. The third kappa shape index (κ3) is 4.59. The van der Waals surface area contributed by atoms with Gasteiger partial charge in [0.2, 0.25) is 0 Å². The van der Waals surface area contributed by atoms with E-state index in [0.717, 1.165) is 29.4 Å². The van der Waals surface area contributed by atoms with E-state index in [9.17, 15) is 4.79 Å². The Morgan fingerprint density at radius 1 is 0.969 bits per heavy atom. The Labute approximate surface area is 196 Å². The monoisotopic (exact) mass is 468 g/mol. The maximum Gasteiger partial charge on any atom is 0.162 e. The van der Waals surface area contributed by atoms with Crippen LogP contribution in [0.15, 0.2) is 54.6 Å². The molecule has 5 nitrogen and oxygen atoms in total. The van der Waals surface area contributed by atoms with Crippen molar-refractivity contribution in [2.24, 2.45) is 0 Å². The van der Waals surface area contributed by atoms with E-state index in [2.05, 4.69) is 9.97 Å². The number of benzene rings is 3. The van der Waals surface area contributed by atoms with E-state index in [-0.39, 0.29) is 5.78 Å². The average molecular weight is 469 g/mol. The SMILES string of the molecule is COc1ccc(CCCC(=O)c2ccc3nc(-c4c(Cl)cccc4Cl)[nH]c3c2)cc1OC. The minimum Gasteiger partial charge on any atom is -0.493 e. The minimum atomic E-state index is 0.0827. The zero-order chi connectivity index (χ0) is 22.7. The van der Waals surface area contributed by atoms with Crippen LogP contribution < -0.4 is 9.47 Å². The largest absolute Gasteiger partial charge is 0.493 e. The van der Waals surface area contributed by atoms with Crippen LogP contribution in [-0.4, -0.2) is 30.0 Å². The predicted octanol–water partition coefficient (Wildman–Crippen LogP) is 6.76. The molecule has 0 atom stereocenters. The number of aryl methyl sites for hydroxylation is 1. The highest BCUT2D eigenvalue weighted by molar-refractivity contribution is 6.39.